The van der Waals surface area contributed by atoms with Crippen LogP contribution in [-0.2, 0) is 6.42 Å². The quantitative estimate of drug-likeness (QED) is 0.538. The van der Waals surface area contributed by atoms with Crippen LogP contribution in [0.4, 0.5) is 25.0 Å². The second-order valence-corrected chi connectivity index (χ2v) is 7.45. The summed E-state index contributed by atoms with van der Waals surface area (Å²) in [6.45, 7) is 0. The number of halogens is 4. The minimum Gasteiger partial charge on any atom is -0.387 e. The summed E-state index contributed by atoms with van der Waals surface area (Å²) in [5.41, 5.74) is 1.92. The number of urea groups is 1. The summed E-state index contributed by atoms with van der Waals surface area (Å²) in [6, 6.07) is 1.41. The molecule has 1 unspecified atom stereocenters. The highest BCUT2D eigenvalue weighted by Crippen LogP contribution is 2.47. The van der Waals surface area contributed by atoms with Crippen LogP contribution in [0.1, 0.15) is 30.0 Å². The third-order valence-electron chi connectivity index (χ3n) is 5.20. The van der Waals surface area contributed by atoms with Gasteiger partial charge in [-0.05, 0) is 31.4 Å². The van der Waals surface area contributed by atoms with Gasteiger partial charge in [0.05, 0.1) is 33.7 Å². The van der Waals surface area contributed by atoms with Crippen LogP contribution in [0.3, 0.4) is 0 Å². The van der Waals surface area contributed by atoms with Crippen LogP contribution in [-0.4, -0.2) is 29.0 Å². The van der Waals surface area contributed by atoms with Crippen LogP contribution in [0.5, 0.6) is 0 Å². The topological polar surface area (TPSA) is 57.3 Å². The van der Waals surface area contributed by atoms with Gasteiger partial charge in [0, 0.05) is 24.2 Å². The highest BCUT2D eigenvalue weighted by Gasteiger charge is 2.45. The summed E-state index contributed by atoms with van der Waals surface area (Å²) in [4.78, 5) is 18.4. The van der Waals surface area contributed by atoms with E-state index in [9.17, 15) is 13.6 Å². The molecule has 27 heavy (non-hydrogen) atoms. The molecule has 1 aromatic heterocycles. The Morgan fingerprint density at radius 1 is 1.22 bits per heavy atom. The molecule has 5 nitrogen and oxygen atoms in total. The lowest BCUT2D eigenvalue weighted by atomic mass is 9.93. The first-order valence-corrected chi connectivity index (χ1v) is 9.25. The molecule has 2 aliphatic heterocycles. The van der Waals surface area contributed by atoms with Gasteiger partial charge in [0.15, 0.2) is 0 Å². The number of carbonyl (C=O) groups excluding carboxylic acids is 1. The number of amides is 2. The standard InChI is InChI=1S/C18H16Cl2F2N4O/c1-23-14-7-24-17(22)9-4-8-2-3-15(16(9)14)26(8)18(27)25-13-6-11(20)10(19)5-12(13)21/h5-8,15,23H,2-4H2,1H3,(H,25,27)/t8-,15?/m0/s1. The predicted octanol–water partition coefficient (Wildman–Crippen LogP) is 5.00. The van der Waals surface area contributed by atoms with Crippen molar-refractivity contribution in [2.45, 2.75) is 31.3 Å². The second kappa shape index (κ2) is 6.80. The molecular formula is C18H16Cl2F2N4O. The summed E-state index contributed by atoms with van der Waals surface area (Å²) in [5.74, 6) is -1.18. The Kier molecular flexibility index (Phi) is 4.60. The van der Waals surface area contributed by atoms with Gasteiger partial charge in [0.2, 0.25) is 5.95 Å². The van der Waals surface area contributed by atoms with E-state index in [1.807, 2.05) is 0 Å². The van der Waals surface area contributed by atoms with E-state index in [1.54, 1.807) is 11.9 Å². The maximum atomic E-state index is 14.2. The SMILES string of the molecule is CNc1cnc(F)c2c1C1CC[C@@H](C2)N1C(=O)Nc1cc(Cl)c(Cl)cc1F. The van der Waals surface area contributed by atoms with Crippen molar-refractivity contribution in [3.05, 3.63) is 51.3 Å². The van der Waals surface area contributed by atoms with Gasteiger partial charge in [-0.25, -0.2) is 14.2 Å². The Bertz CT molecular complexity index is 940. The van der Waals surface area contributed by atoms with Crippen molar-refractivity contribution in [3.8, 4) is 0 Å². The van der Waals surface area contributed by atoms with Gasteiger partial charge in [0.25, 0.3) is 0 Å². The fourth-order valence-corrected chi connectivity index (χ4v) is 4.34. The Hall–Kier alpha value is -2.12. The van der Waals surface area contributed by atoms with Crippen molar-refractivity contribution < 1.29 is 13.6 Å². The molecule has 2 N–H and O–H groups in total. The minimum atomic E-state index is -0.673. The fourth-order valence-electron chi connectivity index (χ4n) is 4.02. The molecule has 0 saturated carbocycles. The summed E-state index contributed by atoms with van der Waals surface area (Å²) < 4.78 is 28.4. The van der Waals surface area contributed by atoms with Crippen LogP contribution in [0.2, 0.25) is 10.0 Å². The number of hydrogen-bond donors (Lipinski definition) is 2. The molecule has 0 radical (unpaired) electrons. The number of hydrogen-bond acceptors (Lipinski definition) is 3. The molecule has 142 valence electrons. The van der Waals surface area contributed by atoms with Gasteiger partial charge in [-0.2, -0.15) is 4.39 Å². The van der Waals surface area contributed by atoms with E-state index in [2.05, 4.69) is 15.6 Å². The first-order chi connectivity index (χ1) is 12.9. The molecule has 2 amide bonds. The number of anilines is 2. The molecule has 0 aliphatic carbocycles. The first-order valence-electron chi connectivity index (χ1n) is 8.49. The van der Waals surface area contributed by atoms with Crippen LogP contribution in [0, 0.1) is 11.8 Å². The van der Waals surface area contributed by atoms with E-state index in [1.165, 1.54) is 12.3 Å². The van der Waals surface area contributed by atoms with Gasteiger partial charge in [0.1, 0.15) is 5.82 Å². The first kappa shape index (κ1) is 18.3. The number of rotatable bonds is 2. The number of carbonyl (C=O) groups is 1. The van der Waals surface area contributed by atoms with Gasteiger partial charge >= 0.3 is 6.03 Å². The zero-order chi connectivity index (χ0) is 19.3. The molecule has 2 atom stereocenters. The van der Waals surface area contributed by atoms with E-state index in [0.29, 0.717) is 24.1 Å². The Labute approximate surface area is 164 Å². The smallest absolute Gasteiger partial charge is 0.322 e. The molecule has 9 heteroatoms. The van der Waals surface area contributed by atoms with Crippen LogP contribution in [0.25, 0.3) is 0 Å². The molecule has 1 saturated heterocycles. The lowest BCUT2D eigenvalue weighted by Gasteiger charge is -2.37. The number of aromatic nitrogens is 1. The highest BCUT2D eigenvalue weighted by molar-refractivity contribution is 6.42. The number of pyridine rings is 1. The van der Waals surface area contributed by atoms with Crippen molar-refractivity contribution in [1.82, 2.24) is 9.88 Å². The Morgan fingerprint density at radius 2 is 1.96 bits per heavy atom. The average molecular weight is 413 g/mol. The number of nitrogens with zero attached hydrogens (tertiary/aromatic N) is 2. The van der Waals surface area contributed by atoms with Gasteiger partial charge in [-0.3, -0.25) is 0 Å². The van der Waals surface area contributed by atoms with E-state index >= 15 is 0 Å². The predicted molar refractivity (Wildman–Crippen MR) is 100 cm³/mol. The van der Waals surface area contributed by atoms with Gasteiger partial charge in [-0.15, -0.1) is 0 Å². The third-order valence-corrected chi connectivity index (χ3v) is 5.92. The van der Waals surface area contributed by atoms with Crippen LogP contribution < -0.4 is 10.6 Å². The second-order valence-electron chi connectivity index (χ2n) is 6.64. The minimum absolute atomic E-state index is 0.0469. The summed E-state index contributed by atoms with van der Waals surface area (Å²) in [6.07, 6.45) is 3.24. The summed E-state index contributed by atoms with van der Waals surface area (Å²) in [5, 5.41) is 5.80. The van der Waals surface area contributed by atoms with Crippen molar-refractivity contribution in [1.29, 1.82) is 0 Å². The molecule has 0 spiro atoms. The third kappa shape index (κ3) is 2.99. The van der Waals surface area contributed by atoms with Gasteiger partial charge in [-0.1, -0.05) is 23.2 Å². The lowest BCUT2D eigenvalue weighted by molar-refractivity contribution is 0.178. The molecular weight excluding hydrogens is 397 g/mol. The summed E-state index contributed by atoms with van der Waals surface area (Å²) >= 11 is 11.7. The Balaban J connectivity index is 1.67. The van der Waals surface area contributed by atoms with E-state index < -0.39 is 17.8 Å². The number of benzene rings is 1. The number of fused-ring (bicyclic) bond motifs is 4. The largest absolute Gasteiger partial charge is 0.387 e. The molecule has 4 rings (SSSR count). The lowest BCUT2D eigenvalue weighted by Crippen LogP contribution is -2.44. The van der Waals surface area contributed by atoms with Crippen molar-refractivity contribution in [3.63, 3.8) is 0 Å². The van der Waals surface area contributed by atoms with Crippen LogP contribution in [0.15, 0.2) is 18.3 Å². The normalized spacial score (nSPS) is 20.4. The molecule has 2 aliphatic rings. The fraction of sp³-hybridized carbons (Fsp3) is 0.333. The van der Waals surface area contributed by atoms with E-state index in [-0.39, 0.29) is 27.8 Å². The monoisotopic (exact) mass is 412 g/mol. The average Bonchev–Trinajstić information content (AvgIpc) is 2.95. The van der Waals surface area contributed by atoms with Crippen LogP contribution >= 0.6 is 23.2 Å². The molecule has 1 aromatic carbocycles. The maximum Gasteiger partial charge on any atom is 0.322 e. The van der Waals surface area contributed by atoms with Crippen molar-refractivity contribution in [2.75, 3.05) is 17.7 Å². The Morgan fingerprint density at radius 3 is 2.70 bits per heavy atom. The highest BCUT2D eigenvalue weighted by atomic mass is 35.5. The molecule has 3 heterocycles. The van der Waals surface area contributed by atoms with E-state index in [4.69, 9.17) is 23.2 Å². The molecule has 2 bridgehead atoms. The maximum absolute atomic E-state index is 14.2. The zero-order valence-corrected chi connectivity index (χ0v) is 15.8. The van der Waals surface area contributed by atoms with Crippen molar-refractivity contribution >= 4 is 40.6 Å². The molecule has 1 fully saturated rings. The molecule has 2 aromatic rings. The van der Waals surface area contributed by atoms with E-state index in [0.717, 1.165) is 18.1 Å². The van der Waals surface area contributed by atoms with Gasteiger partial charge < -0.3 is 15.5 Å². The van der Waals surface area contributed by atoms with Crippen molar-refractivity contribution in [2.24, 2.45) is 0 Å². The summed E-state index contributed by atoms with van der Waals surface area (Å²) in [7, 11) is 1.73. The number of nitrogens with one attached hydrogen (secondary N) is 2. The zero-order valence-electron chi connectivity index (χ0n) is 14.3.